The SMILES string of the molecule is CNC(c1cccc(Cl)c1Cl)C1CCCS1. The van der Waals surface area contributed by atoms with E-state index in [9.17, 15) is 0 Å². The Balaban J connectivity index is 2.28. The molecule has 0 saturated carbocycles. The maximum atomic E-state index is 6.26. The highest BCUT2D eigenvalue weighted by molar-refractivity contribution is 8.00. The average Bonchev–Trinajstić information content (AvgIpc) is 2.79. The van der Waals surface area contributed by atoms with Crippen LogP contribution in [0.4, 0.5) is 0 Å². The van der Waals surface area contributed by atoms with Crippen LogP contribution in [-0.2, 0) is 0 Å². The number of rotatable bonds is 3. The van der Waals surface area contributed by atoms with Crippen LogP contribution >= 0.6 is 35.0 Å². The Kier molecular flexibility index (Phi) is 4.42. The van der Waals surface area contributed by atoms with Crippen molar-refractivity contribution in [3.8, 4) is 0 Å². The normalized spacial score (nSPS) is 22.3. The van der Waals surface area contributed by atoms with Crippen LogP contribution in [0.5, 0.6) is 0 Å². The van der Waals surface area contributed by atoms with Crippen LogP contribution in [0.25, 0.3) is 0 Å². The lowest BCUT2D eigenvalue weighted by Crippen LogP contribution is -2.26. The molecule has 1 fully saturated rings. The third-order valence-corrected chi connectivity index (χ3v) is 5.26. The molecular weight excluding hydrogens is 261 g/mol. The zero-order chi connectivity index (χ0) is 11.5. The minimum atomic E-state index is 0.304. The molecule has 1 nitrogen and oxygen atoms in total. The van der Waals surface area contributed by atoms with Crippen molar-refractivity contribution in [2.45, 2.75) is 24.1 Å². The van der Waals surface area contributed by atoms with E-state index in [2.05, 4.69) is 11.4 Å². The summed E-state index contributed by atoms with van der Waals surface area (Å²) in [7, 11) is 1.99. The molecule has 2 rings (SSSR count). The van der Waals surface area contributed by atoms with E-state index < -0.39 is 0 Å². The third kappa shape index (κ3) is 2.51. The van der Waals surface area contributed by atoms with Crippen molar-refractivity contribution in [3.05, 3.63) is 33.8 Å². The monoisotopic (exact) mass is 275 g/mol. The first-order chi connectivity index (χ1) is 7.74. The predicted molar refractivity (Wildman–Crippen MR) is 73.7 cm³/mol. The number of hydrogen-bond donors (Lipinski definition) is 1. The van der Waals surface area contributed by atoms with Crippen molar-refractivity contribution in [2.24, 2.45) is 0 Å². The molecule has 0 radical (unpaired) electrons. The van der Waals surface area contributed by atoms with E-state index >= 15 is 0 Å². The van der Waals surface area contributed by atoms with E-state index in [4.69, 9.17) is 23.2 Å². The summed E-state index contributed by atoms with van der Waals surface area (Å²) in [5.41, 5.74) is 1.12. The lowest BCUT2D eigenvalue weighted by molar-refractivity contribution is 0.552. The predicted octanol–water partition coefficient (Wildman–Crippen LogP) is 4.15. The first kappa shape index (κ1) is 12.6. The molecule has 2 unspecified atom stereocenters. The minimum Gasteiger partial charge on any atom is -0.312 e. The highest BCUT2D eigenvalue weighted by atomic mass is 35.5. The Morgan fingerprint density at radius 1 is 1.44 bits per heavy atom. The van der Waals surface area contributed by atoms with E-state index in [-0.39, 0.29) is 0 Å². The molecule has 1 aromatic rings. The van der Waals surface area contributed by atoms with Crippen molar-refractivity contribution in [1.82, 2.24) is 5.32 Å². The lowest BCUT2D eigenvalue weighted by Gasteiger charge is -2.24. The summed E-state index contributed by atoms with van der Waals surface area (Å²) in [5.74, 6) is 1.25. The summed E-state index contributed by atoms with van der Waals surface area (Å²) in [6.45, 7) is 0. The summed E-state index contributed by atoms with van der Waals surface area (Å²) in [6, 6.07) is 6.17. The highest BCUT2D eigenvalue weighted by Crippen LogP contribution is 2.39. The minimum absolute atomic E-state index is 0.304. The van der Waals surface area contributed by atoms with Crippen LogP contribution < -0.4 is 5.32 Å². The summed E-state index contributed by atoms with van der Waals surface area (Å²) in [4.78, 5) is 0. The van der Waals surface area contributed by atoms with Gasteiger partial charge < -0.3 is 5.32 Å². The van der Waals surface area contributed by atoms with E-state index in [1.807, 2.05) is 30.9 Å². The molecule has 0 spiro atoms. The van der Waals surface area contributed by atoms with Crippen LogP contribution in [0.15, 0.2) is 18.2 Å². The van der Waals surface area contributed by atoms with Crippen molar-refractivity contribution >= 4 is 35.0 Å². The quantitative estimate of drug-likeness (QED) is 0.890. The Bertz CT molecular complexity index is 364. The molecule has 1 aliphatic heterocycles. The molecule has 0 bridgehead atoms. The van der Waals surface area contributed by atoms with Gasteiger partial charge in [0.15, 0.2) is 0 Å². The molecule has 2 atom stereocenters. The molecule has 1 aliphatic rings. The van der Waals surface area contributed by atoms with Crippen molar-refractivity contribution < 1.29 is 0 Å². The average molecular weight is 276 g/mol. The third-order valence-electron chi connectivity index (χ3n) is 2.96. The maximum absolute atomic E-state index is 6.26. The smallest absolute Gasteiger partial charge is 0.0640 e. The fraction of sp³-hybridized carbons (Fsp3) is 0.500. The molecule has 4 heteroatoms. The Morgan fingerprint density at radius 3 is 2.88 bits per heavy atom. The molecule has 1 heterocycles. The second kappa shape index (κ2) is 5.63. The highest BCUT2D eigenvalue weighted by Gasteiger charge is 2.27. The molecule has 0 amide bonds. The van der Waals surface area contributed by atoms with Crippen LogP contribution in [-0.4, -0.2) is 18.1 Å². The number of thioether (sulfide) groups is 1. The van der Waals surface area contributed by atoms with Gasteiger partial charge >= 0.3 is 0 Å². The summed E-state index contributed by atoms with van der Waals surface area (Å²) in [5, 5.41) is 5.31. The van der Waals surface area contributed by atoms with Crippen LogP contribution in [0, 0.1) is 0 Å². The van der Waals surface area contributed by atoms with Gasteiger partial charge in [0.25, 0.3) is 0 Å². The summed E-state index contributed by atoms with van der Waals surface area (Å²) >= 11 is 14.3. The van der Waals surface area contributed by atoms with Gasteiger partial charge in [0.1, 0.15) is 0 Å². The van der Waals surface area contributed by atoms with E-state index in [1.165, 1.54) is 18.6 Å². The molecule has 16 heavy (non-hydrogen) atoms. The van der Waals surface area contributed by atoms with Gasteiger partial charge in [0.05, 0.1) is 10.0 Å². The lowest BCUT2D eigenvalue weighted by atomic mass is 10.0. The number of benzene rings is 1. The van der Waals surface area contributed by atoms with Gasteiger partial charge in [-0.3, -0.25) is 0 Å². The summed E-state index contributed by atoms with van der Waals surface area (Å²) < 4.78 is 0. The van der Waals surface area contributed by atoms with Gasteiger partial charge in [-0.15, -0.1) is 0 Å². The Labute approximate surface area is 111 Å². The Morgan fingerprint density at radius 2 is 2.25 bits per heavy atom. The largest absolute Gasteiger partial charge is 0.312 e. The molecule has 0 aliphatic carbocycles. The Hall–Kier alpha value is 0.110. The van der Waals surface area contributed by atoms with Gasteiger partial charge in [-0.25, -0.2) is 0 Å². The van der Waals surface area contributed by atoms with Gasteiger partial charge in [-0.05, 0) is 37.3 Å². The molecule has 0 aromatic heterocycles. The van der Waals surface area contributed by atoms with Gasteiger partial charge in [0.2, 0.25) is 0 Å². The van der Waals surface area contributed by atoms with Gasteiger partial charge in [-0.2, -0.15) is 11.8 Å². The van der Waals surface area contributed by atoms with Crippen LogP contribution in [0.2, 0.25) is 10.0 Å². The summed E-state index contributed by atoms with van der Waals surface area (Å²) in [6.07, 6.45) is 2.55. The molecule has 1 saturated heterocycles. The number of hydrogen-bond acceptors (Lipinski definition) is 2. The second-order valence-corrected chi connectivity index (χ2v) is 6.09. The topological polar surface area (TPSA) is 12.0 Å². The van der Waals surface area contributed by atoms with Crippen LogP contribution in [0.1, 0.15) is 24.4 Å². The van der Waals surface area contributed by atoms with E-state index in [0.29, 0.717) is 21.3 Å². The first-order valence-electron chi connectivity index (χ1n) is 5.47. The fourth-order valence-corrected chi connectivity index (χ4v) is 4.04. The standard InChI is InChI=1S/C12H15Cl2NS/c1-15-12(10-6-3-7-16-10)8-4-2-5-9(13)11(8)14/h2,4-5,10,12,15H,3,6-7H2,1H3. The molecular formula is C12H15Cl2NS. The number of nitrogens with one attached hydrogen (secondary N) is 1. The van der Waals surface area contributed by atoms with Crippen molar-refractivity contribution in [1.29, 1.82) is 0 Å². The van der Waals surface area contributed by atoms with Crippen LogP contribution in [0.3, 0.4) is 0 Å². The zero-order valence-electron chi connectivity index (χ0n) is 9.17. The van der Waals surface area contributed by atoms with Crippen molar-refractivity contribution in [2.75, 3.05) is 12.8 Å². The first-order valence-corrected chi connectivity index (χ1v) is 7.27. The molecule has 1 N–H and O–H groups in total. The van der Waals surface area contributed by atoms with Crippen molar-refractivity contribution in [3.63, 3.8) is 0 Å². The zero-order valence-corrected chi connectivity index (χ0v) is 11.5. The molecule has 1 aromatic carbocycles. The van der Waals surface area contributed by atoms with Gasteiger partial charge in [0, 0.05) is 11.3 Å². The molecule has 88 valence electrons. The maximum Gasteiger partial charge on any atom is 0.0640 e. The second-order valence-electron chi connectivity index (χ2n) is 3.96. The van der Waals surface area contributed by atoms with E-state index in [1.54, 1.807) is 0 Å². The van der Waals surface area contributed by atoms with E-state index in [0.717, 1.165) is 5.56 Å². The number of halogens is 2. The van der Waals surface area contributed by atoms with Gasteiger partial charge in [-0.1, -0.05) is 35.3 Å². The fourth-order valence-electron chi connectivity index (χ4n) is 2.17.